The van der Waals surface area contributed by atoms with Crippen LogP contribution in [-0.2, 0) is 29.0 Å². The molecule has 0 spiro atoms. The van der Waals surface area contributed by atoms with Gasteiger partial charge in [0, 0.05) is 13.5 Å². The Hall–Kier alpha value is -2.78. The molecule has 9 heteroatoms. The van der Waals surface area contributed by atoms with Gasteiger partial charge in [0.05, 0.1) is 32.6 Å². The fourth-order valence-electron chi connectivity index (χ4n) is 2.84. The van der Waals surface area contributed by atoms with Gasteiger partial charge in [0.1, 0.15) is 11.9 Å². The van der Waals surface area contributed by atoms with E-state index in [9.17, 15) is 0 Å². The lowest BCUT2D eigenvalue weighted by Crippen LogP contribution is -2.22. The SMILES string of the molecule is COCCc1noc(-c2nnn3c2CO[C@H](c2ccc(OC)cc2)C3)n1. The number of fused-ring (bicyclic) bond motifs is 1. The fraction of sp³-hybridized carbons (Fsp3) is 0.412. The molecule has 0 bridgehead atoms. The van der Waals surface area contributed by atoms with Crippen LogP contribution < -0.4 is 4.74 Å². The second kappa shape index (κ2) is 7.22. The Morgan fingerprint density at radius 2 is 2.08 bits per heavy atom. The minimum absolute atomic E-state index is 0.0945. The zero-order valence-corrected chi connectivity index (χ0v) is 14.6. The number of hydrogen-bond acceptors (Lipinski definition) is 8. The Balaban J connectivity index is 1.52. The maximum Gasteiger partial charge on any atom is 0.280 e. The summed E-state index contributed by atoms with van der Waals surface area (Å²) < 4.78 is 23.4. The number of methoxy groups -OCH3 is 2. The molecule has 0 radical (unpaired) electrons. The molecule has 3 aromatic rings. The van der Waals surface area contributed by atoms with E-state index in [-0.39, 0.29) is 6.10 Å². The normalized spacial score (nSPS) is 16.5. The van der Waals surface area contributed by atoms with Gasteiger partial charge in [-0.2, -0.15) is 4.98 Å². The summed E-state index contributed by atoms with van der Waals surface area (Å²) in [5.41, 5.74) is 2.46. The highest BCUT2D eigenvalue weighted by atomic mass is 16.5. The van der Waals surface area contributed by atoms with Crippen LogP contribution in [0.1, 0.15) is 23.2 Å². The van der Waals surface area contributed by atoms with Crippen molar-refractivity contribution >= 4 is 0 Å². The number of ether oxygens (including phenoxy) is 3. The molecule has 0 aliphatic carbocycles. The lowest BCUT2D eigenvalue weighted by Gasteiger charge is -2.24. The third kappa shape index (κ3) is 3.18. The van der Waals surface area contributed by atoms with E-state index in [1.54, 1.807) is 14.2 Å². The minimum Gasteiger partial charge on any atom is -0.497 e. The van der Waals surface area contributed by atoms with E-state index in [0.717, 1.165) is 17.0 Å². The van der Waals surface area contributed by atoms with Crippen LogP contribution in [-0.4, -0.2) is 46.0 Å². The average Bonchev–Trinajstić information content (AvgIpc) is 3.32. The summed E-state index contributed by atoms with van der Waals surface area (Å²) in [5.74, 6) is 1.74. The lowest BCUT2D eigenvalue weighted by atomic mass is 10.1. The second-order valence-corrected chi connectivity index (χ2v) is 5.90. The molecule has 0 amide bonds. The van der Waals surface area contributed by atoms with Crippen LogP contribution in [0, 0.1) is 0 Å². The van der Waals surface area contributed by atoms with Crippen molar-refractivity contribution in [3.63, 3.8) is 0 Å². The molecule has 4 rings (SSSR count). The molecule has 0 fully saturated rings. The molecule has 136 valence electrons. The Bertz CT molecular complexity index is 874. The van der Waals surface area contributed by atoms with Gasteiger partial charge in [-0.15, -0.1) is 5.10 Å². The lowest BCUT2D eigenvalue weighted by molar-refractivity contribution is -0.00119. The van der Waals surface area contributed by atoms with Gasteiger partial charge in [-0.1, -0.05) is 22.5 Å². The molecule has 2 aromatic heterocycles. The largest absolute Gasteiger partial charge is 0.497 e. The molecule has 1 aliphatic heterocycles. The summed E-state index contributed by atoms with van der Waals surface area (Å²) in [6.45, 7) is 1.47. The van der Waals surface area contributed by atoms with Gasteiger partial charge < -0.3 is 18.7 Å². The van der Waals surface area contributed by atoms with Gasteiger partial charge in [0.15, 0.2) is 11.5 Å². The third-order valence-electron chi connectivity index (χ3n) is 4.29. The highest BCUT2D eigenvalue weighted by Crippen LogP contribution is 2.30. The van der Waals surface area contributed by atoms with Crippen molar-refractivity contribution in [3.05, 3.63) is 41.3 Å². The van der Waals surface area contributed by atoms with E-state index < -0.39 is 0 Å². The molecule has 0 saturated carbocycles. The highest BCUT2D eigenvalue weighted by molar-refractivity contribution is 5.49. The number of nitrogens with zero attached hydrogens (tertiary/aromatic N) is 5. The monoisotopic (exact) mass is 357 g/mol. The van der Waals surface area contributed by atoms with Crippen molar-refractivity contribution in [1.82, 2.24) is 25.1 Å². The van der Waals surface area contributed by atoms with E-state index in [4.69, 9.17) is 18.7 Å². The maximum absolute atomic E-state index is 6.00. The van der Waals surface area contributed by atoms with Crippen LogP contribution in [0.2, 0.25) is 0 Å². The Morgan fingerprint density at radius 1 is 1.23 bits per heavy atom. The van der Waals surface area contributed by atoms with Crippen molar-refractivity contribution in [1.29, 1.82) is 0 Å². The Labute approximate surface area is 149 Å². The van der Waals surface area contributed by atoms with Crippen LogP contribution >= 0.6 is 0 Å². The summed E-state index contributed by atoms with van der Waals surface area (Å²) in [4.78, 5) is 4.35. The first-order valence-electron chi connectivity index (χ1n) is 8.28. The van der Waals surface area contributed by atoms with E-state index in [2.05, 4.69) is 20.5 Å². The number of hydrogen-bond donors (Lipinski definition) is 0. The average molecular weight is 357 g/mol. The number of rotatable bonds is 6. The van der Waals surface area contributed by atoms with Gasteiger partial charge in [0.25, 0.3) is 5.89 Å². The summed E-state index contributed by atoms with van der Waals surface area (Å²) in [6.07, 6.45) is 0.488. The van der Waals surface area contributed by atoms with E-state index in [1.807, 2.05) is 28.9 Å². The summed E-state index contributed by atoms with van der Waals surface area (Å²) in [5, 5.41) is 12.4. The molecular formula is C17H19N5O4. The van der Waals surface area contributed by atoms with Crippen molar-refractivity contribution < 1.29 is 18.7 Å². The third-order valence-corrected chi connectivity index (χ3v) is 4.29. The predicted molar refractivity (Wildman–Crippen MR) is 89.4 cm³/mol. The van der Waals surface area contributed by atoms with Crippen LogP contribution in [0.25, 0.3) is 11.6 Å². The molecule has 0 saturated heterocycles. The van der Waals surface area contributed by atoms with Crippen molar-refractivity contribution in [2.24, 2.45) is 0 Å². The molecule has 26 heavy (non-hydrogen) atoms. The molecule has 3 heterocycles. The number of benzene rings is 1. The zero-order valence-electron chi connectivity index (χ0n) is 14.6. The van der Waals surface area contributed by atoms with Crippen molar-refractivity contribution in [3.8, 4) is 17.3 Å². The second-order valence-electron chi connectivity index (χ2n) is 5.90. The maximum atomic E-state index is 6.00. The molecule has 0 N–H and O–H groups in total. The zero-order chi connectivity index (χ0) is 17.9. The van der Waals surface area contributed by atoms with Crippen LogP contribution in [0.5, 0.6) is 5.75 Å². The molecule has 1 aromatic carbocycles. The fourth-order valence-corrected chi connectivity index (χ4v) is 2.84. The van der Waals surface area contributed by atoms with E-state index in [1.165, 1.54) is 0 Å². The van der Waals surface area contributed by atoms with Gasteiger partial charge in [-0.3, -0.25) is 0 Å². The molecule has 1 aliphatic rings. The van der Waals surface area contributed by atoms with Gasteiger partial charge in [-0.05, 0) is 17.7 Å². The summed E-state index contributed by atoms with van der Waals surface area (Å²) in [7, 11) is 3.28. The van der Waals surface area contributed by atoms with Gasteiger partial charge in [0.2, 0.25) is 0 Å². The standard InChI is InChI=1S/C17H19N5O4/c1-23-8-7-15-18-17(26-20-15)16-13-10-25-14(9-22(13)21-19-16)11-3-5-12(24-2)6-4-11/h3-6,14H,7-10H2,1-2H3/t14-/m0/s1. The molecule has 9 nitrogen and oxygen atoms in total. The molecule has 0 unspecified atom stereocenters. The van der Waals surface area contributed by atoms with Crippen LogP contribution in [0.3, 0.4) is 0 Å². The predicted octanol–water partition coefficient (Wildman–Crippen LogP) is 1.80. The van der Waals surface area contributed by atoms with Crippen molar-refractivity contribution in [2.45, 2.75) is 25.7 Å². The van der Waals surface area contributed by atoms with Gasteiger partial charge >= 0.3 is 0 Å². The smallest absolute Gasteiger partial charge is 0.280 e. The first kappa shape index (κ1) is 16.7. The quantitative estimate of drug-likeness (QED) is 0.659. The van der Waals surface area contributed by atoms with Crippen LogP contribution in [0.4, 0.5) is 0 Å². The summed E-state index contributed by atoms with van der Waals surface area (Å²) in [6, 6.07) is 7.82. The molecular weight excluding hydrogens is 338 g/mol. The van der Waals surface area contributed by atoms with Gasteiger partial charge in [-0.25, -0.2) is 4.68 Å². The summed E-state index contributed by atoms with van der Waals surface area (Å²) >= 11 is 0. The van der Waals surface area contributed by atoms with Crippen LogP contribution in [0.15, 0.2) is 28.8 Å². The molecule has 1 atom stereocenters. The first-order chi connectivity index (χ1) is 12.8. The highest BCUT2D eigenvalue weighted by Gasteiger charge is 2.27. The first-order valence-corrected chi connectivity index (χ1v) is 8.28. The van der Waals surface area contributed by atoms with Crippen molar-refractivity contribution in [2.75, 3.05) is 20.8 Å². The Kier molecular flexibility index (Phi) is 4.63. The number of aromatic nitrogens is 5. The topological polar surface area (TPSA) is 97.3 Å². The minimum atomic E-state index is -0.0945. The Morgan fingerprint density at radius 3 is 2.85 bits per heavy atom. The van der Waals surface area contributed by atoms with E-state index in [0.29, 0.717) is 43.6 Å². The van der Waals surface area contributed by atoms with E-state index >= 15 is 0 Å².